The Morgan fingerprint density at radius 3 is 2.37 bits per heavy atom. The predicted octanol–water partition coefficient (Wildman–Crippen LogP) is 4.13. The van der Waals surface area contributed by atoms with E-state index in [1.54, 1.807) is 7.05 Å². The Labute approximate surface area is 198 Å². The first-order valence-corrected chi connectivity index (χ1v) is 10.7. The molecule has 0 aliphatic rings. The quantitative estimate of drug-likeness (QED) is 0.298. The van der Waals surface area contributed by atoms with Crippen molar-refractivity contribution in [3.63, 3.8) is 0 Å². The lowest BCUT2D eigenvalue weighted by Gasteiger charge is -2.33. The number of ether oxygens (including phenoxy) is 2. The van der Waals surface area contributed by atoms with E-state index in [4.69, 9.17) is 4.74 Å². The Morgan fingerprint density at radius 1 is 1.03 bits per heavy atom. The minimum Gasteiger partial charge on any atom is -0.494 e. The maximum absolute atomic E-state index is 14.5. The molecule has 12 heteroatoms. The van der Waals surface area contributed by atoms with Gasteiger partial charge in [-0.1, -0.05) is 6.07 Å². The molecule has 0 spiro atoms. The van der Waals surface area contributed by atoms with Crippen LogP contribution in [-0.2, 0) is 12.1 Å². The average Bonchev–Trinajstić information content (AvgIpc) is 3.26. The first kappa shape index (κ1) is 26.4. The van der Waals surface area contributed by atoms with Gasteiger partial charge in [-0.2, -0.15) is 5.10 Å². The number of benzene rings is 2. The Morgan fingerprint density at radius 2 is 1.74 bits per heavy atom. The summed E-state index contributed by atoms with van der Waals surface area (Å²) in [4.78, 5) is 5.64. The third-order valence-corrected chi connectivity index (χ3v) is 5.11. The Bertz CT molecular complexity index is 1060. The van der Waals surface area contributed by atoms with Crippen LogP contribution < -0.4 is 9.47 Å². The summed E-state index contributed by atoms with van der Waals surface area (Å²) in [6.07, 6.45) is -0.777. The third kappa shape index (κ3) is 8.18. The molecule has 0 bridgehead atoms. The standard InChI is InChI=1S/C23H25F5N4O3/c1-31(10-2-3-11-34-18-5-7-19(8-6-18)35-23(26,27)28)13-22(33,14-32-16-29-15-30-32)20-9-4-17(24)12-21(20)25/h4-9,12,15-16,33H,2-3,10-11,13-14H2,1H3. The van der Waals surface area contributed by atoms with Gasteiger partial charge in [-0.05, 0) is 56.8 Å². The molecule has 1 unspecified atom stereocenters. The SMILES string of the molecule is CN(CCCCOc1ccc(OC(F)(F)F)cc1)CC(O)(Cn1cncn1)c1ccc(F)cc1F. The first-order chi connectivity index (χ1) is 16.5. The van der Waals surface area contributed by atoms with E-state index < -0.39 is 23.6 Å². The zero-order valence-electron chi connectivity index (χ0n) is 18.9. The van der Waals surface area contributed by atoms with Crippen LogP contribution in [0.3, 0.4) is 0 Å². The maximum atomic E-state index is 14.5. The van der Waals surface area contributed by atoms with Crippen molar-refractivity contribution in [2.45, 2.75) is 31.3 Å². The van der Waals surface area contributed by atoms with E-state index >= 15 is 0 Å². The molecule has 0 saturated carbocycles. The largest absolute Gasteiger partial charge is 0.573 e. The fourth-order valence-corrected chi connectivity index (χ4v) is 3.61. The number of alkyl halides is 3. The molecule has 3 aromatic rings. The summed E-state index contributed by atoms with van der Waals surface area (Å²) < 4.78 is 75.2. The molecular formula is C23H25F5N4O3. The van der Waals surface area contributed by atoms with Gasteiger partial charge in [-0.25, -0.2) is 18.4 Å². The number of hydrogen-bond donors (Lipinski definition) is 1. The van der Waals surface area contributed by atoms with Crippen molar-refractivity contribution in [3.05, 3.63) is 72.3 Å². The molecule has 190 valence electrons. The maximum Gasteiger partial charge on any atom is 0.573 e. The van der Waals surface area contributed by atoms with Crippen molar-refractivity contribution in [2.75, 3.05) is 26.7 Å². The summed E-state index contributed by atoms with van der Waals surface area (Å²) in [5, 5.41) is 15.3. The molecule has 1 N–H and O–H groups in total. The topological polar surface area (TPSA) is 72.6 Å². The molecule has 1 atom stereocenters. The van der Waals surface area contributed by atoms with Gasteiger partial charge in [-0.3, -0.25) is 0 Å². The molecule has 1 aromatic heterocycles. The fraction of sp³-hybridized carbons (Fsp3) is 0.391. The molecule has 35 heavy (non-hydrogen) atoms. The number of aliphatic hydroxyl groups is 1. The van der Waals surface area contributed by atoms with Gasteiger partial charge in [0.05, 0.1) is 13.2 Å². The molecule has 0 aliphatic heterocycles. The van der Waals surface area contributed by atoms with Crippen molar-refractivity contribution in [1.29, 1.82) is 0 Å². The molecular weight excluding hydrogens is 475 g/mol. The number of rotatable bonds is 12. The molecule has 1 heterocycles. The Kier molecular flexibility index (Phi) is 8.62. The van der Waals surface area contributed by atoms with E-state index in [9.17, 15) is 27.1 Å². The molecule has 3 rings (SSSR count). The van der Waals surface area contributed by atoms with Crippen LogP contribution in [0.1, 0.15) is 18.4 Å². The zero-order chi connectivity index (χ0) is 25.5. The fourth-order valence-electron chi connectivity index (χ4n) is 3.61. The van der Waals surface area contributed by atoms with Crippen LogP contribution in [-0.4, -0.2) is 57.9 Å². The van der Waals surface area contributed by atoms with Gasteiger partial charge >= 0.3 is 6.36 Å². The Balaban J connectivity index is 1.50. The van der Waals surface area contributed by atoms with Crippen molar-refractivity contribution in [3.8, 4) is 11.5 Å². The van der Waals surface area contributed by atoms with E-state index in [0.717, 1.165) is 12.1 Å². The molecule has 0 saturated heterocycles. The normalized spacial score (nSPS) is 13.6. The smallest absolute Gasteiger partial charge is 0.494 e. The summed E-state index contributed by atoms with van der Waals surface area (Å²) in [6, 6.07) is 8.13. The minimum atomic E-state index is -4.75. The second-order valence-corrected chi connectivity index (χ2v) is 8.06. The minimum absolute atomic E-state index is 0.0386. The van der Waals surface area contributed by atoms with Crippen molar-refractivity contribution >= 4 is 0 Å². The zero-order valence-corrected chi connectivity index (χ0v) is 18.9. The van der Waals surface area contributed by atoms with Crippen molar-refractivity contribution < 1.29 is 36.5 Å². The number of halogens is 5. The van der Waals surface area contributed by atoms with E-state index in [-0.39, 0.29) is 24.4 Å². The van der Waals surface area contributed by atoms with E-state index in [1.165, 1.54) is 47.7 Å². The summed E-state index contributed by atoms with van der Waals surface area (Å²) in [6.45, 7) is 0.807. The molecule has 0 fully saturated rings. The number of unbranched alkanes of at least 4 members (excludes halogenated alkanes) is 1. The summed E-state index contributed by atoms with van der Waals surface area (Å²) in [5.41, 5.74) is -1.75. The lowest BCUT2D eigenvalue weighted by molar-refractivity contribution is -0.274. The van der Waals surface area contributed by atoms with Crippen LogP contribution in [0.15, 0.2) is 55.1 Å². The Hall–Kier alpha value is -3.25. The van der Waals surface area contributed by atoms with E-state index in [0.29, 0.717) is 31.7 Å². The van der Waals surface area contributed by atoms with Crippen molar-refractivity contribution in [1.82, 2.24) is 19.7 Å². The molecule has 0 amide bonds. The van der Waals surface area contributed by atoms with Crippen LogP contribution in [0.25, 0.3) is 0 Å². The highest BCUT2D eigenvalue weighted by molar-refractivity contribution is 5.31. The van der Waals surface area contributed by atoms with Crippen LogP contribution in [0.4, 0.5) is 22.0 Å². The van der Waals surface area contributed by atoms with Crippen molar-refractivity contribution in [2.24, 2.45) is 0 Å². The highest BCUT2D eigenvalue weighted by Crippen LogP contribution is 2.28. The first-order valence-electron chi connectivity index (χ1n) is 10.7. The number of nitrogens with zero attached hydrogens (tertiary/aromatic N) is 4. The molecule has 7 nitrogen and oxygen atoms in total. The van der Waals surface area contributed by atoms with E-state index in [2.05, 4.69) is 14.8 Å². The highest BCUT2D eigenvalue weighted by atomic mass is 19.4. The van der Waals surface area contributed by atoms with E-state index in [1.807, 2.05) is 4.90 Å². The predicted molar refractivity (Wildman–Crippen MR) is 116 cm³/mol. The van der Waals surface area contributed by atoms with Gasteiger partial charge in [-0.15, -0.1) is 13.2 Å². The lowest BCUT2D eigenvalue weighted by Crippen LogP contribution is -2.43. The summed E-state index contributed by atoms with van der Waals surface area (Å²) in [7, 11) is 1.76. The molecule has 0 aliphatic carbocycles. The average molecular weight is 500 g/mol. The van der Waals surface area contributed by atoms with Gasteiger partial charge in [0.2, 0.25) is 0 Å². The number of hydrogen-bond acceptors (Lipinski definition) is 6. The number of likely N-dealkylation sites (N-methyl/N-ethyl adjacent to an activating group) is 1. The van der Waals surface area contributed by atoms with Crippen LogP contribution in [0, 0.1) is 11.6 Å². The van der Waals surface area contributed by atoms with Gasteiger partial charge in [0, 0.05) is 18.2 Å². The monoisotopic (exact) mass is 500 g/mol. The molecule has 0 radical (unpaired) electrons. The lowest BCUT2D eigenvalue weighted by atomic mass is 9.92. The summed E-state index contributed by atoms with van der Waals surface area (Å²) >= 11 is 0. The van der Waals surface area contributed by atoms with Gasteiger partial charge in [0.25, 0.3) is 0 Å². The highest BCUT2D eigenvalue weighted by Gasteiger charge is 2.35. The van der Waals surface area contributed by atoms with Crippen LogP contribution >= 0.6 is 0 Å². The van der Waals surface area contributed by atoms with Crippen LogP contribution in [0.2, 0.25) is 0 Å². The number of aromatic nitrogens is 3. The van der Waals surface area contributed by atoms with Gasteiger partial charge < -0.3 is 19.5 Å². The third-order valence-electron chi connectivity index (χ3n) is 5.11. The second kappa shape index (κ2) is 11.5. The van der Waals surface area contributed by atoms with Gasteiger partial charge in [0.1, 0.15) is 41.4 Å². The van der Waals surface area contributed by atoms with Crippen LogP contribution in [0.5, 0.6) is 11.5 Å². The molecule has 2 aromatic carbocycles. The van der Waals surface area contributed by atoms with Gasteiger partial charge in [0.15, 0.2) is 0 Å². The summed E-state index contributed by atoms with van der Waals surface area (Å²) in [5.74, 6) is -1.53. The second-order valence-electron chi connectivity index (χ2n) is 8.06.